The number of hydrogen-bond acceptors (Lipinski definition) is 5. The number of rotatable bonds is 1. The first-order chi connectivity index (χ1) is 5.16. The van der Waals surface area contributed by atoms with Crippen LogP contribution in [-0.4, -0.2) is 53.5 Å². The van der Waals surface area contributed by atoms with Gasteiger partial charge in [0.25, 0.3) is 0 Å². The highest BCUT2D eigenvalue weighted by atomic mass is 16.6. The molecule has 0 bridgehead atoms. The van der Waals surface area contributed by atoms with Gasteiger partial charge in [0.15, 0.2) is 6.29 Å². The normalized spacial score (nSPS) is 45.8. The van der Waals surface area contributed by atoms with Crippen molar-refractivity contribution in [1.29, 1.82) is 0 Å². The summed E-state index contributed by atoms with van der Waals surface area (Å²) in [7, 11) is 1.61. The molecule has 0 saturated carbocycles. The zero-order chi connectivity index (χ0) is 8.43. The molecule has 0 aromatic rings. The minimum Gasteiger partial charge on any atom is -0.389 e. The van der Waals surface area contributed by atoms with Crippen LogP contribution in [0, 0.1) is 0 Å². The molecule has 1 fully saturated rings. The Hall–Kier alpha value is -0.200. The van der Waals surface area contributed by atoms with Gasteiger partial charge in [-0.15, -0.1) is 0 Å². The van der Waals surface area contributed by atoms with Gasteiger partial charge in [0, 0.05) is 0 Å². The van der Waals surface area contributed by atoms with Gasteiger partial charge in [0.2, 0.25) is 0 Å². The molecule has 4 atom stereocenters. The third-order valence-electron chi connectivity index (χ3n) is 1.85. The maximum atomic E-state index is 9.21. The SMILES string of the molecule is CN[C@H]1[C@H](O)[C@@H](O)OC[C@@H]1O. The Morgan fingerprint density at radius 2 is 2.00 bits per heavy atom. The van der Waals surface area contributed by atoms with Crippen molar-refractivity contribution in [2.75, 3.05) is 13.7 Å². The molecule has 0 aromatic carbocycles. The number of ether oxygens (including phenoxy) is 1. The van der Waals surface area contributed by atoms with Crippen molar-refractivity contribution in [3.05, 3.63) is 0 Å². The van der Waals surface area contributed by atoms with Crippen LogP contribution in [0.15, 0.2) is 0 Å². The quantitative estimate of drug-likeness (QED) is 0.348. The van der Waals surface area contributed by atoms with Crippen molar-refractivity contribution in [3.8, 4) is 0 Å². The summed E-state index contributed by atoms with van der Waals surface area (Å²) in [6.45, 7) is 0.0454. The van der Waals surface area contributed by atoms with Gasteiger partial charge >= 0.3 is 0 Å². The van der Waals surface area contributed by atoms with Crippen LogP contribution in [-0.2, 0) is 4.74 Å². The van der Waals surface area contributed by atoms with E-state index in [1.54, 1.807) is 7.05 Å². The molecule has 1 aliphatic heterocycles. The van der Waals surface area contributed by atoms with E-state index in [0.29, 0.717) is 0 Å². The Bertz CT molecular complexity index is 132. The van der Waals surface area contributed by atoms with E-state index in [-0.39, 0.29) is 6.61 Å². The molecule has 0 unspecified atom stereocenters. The summed E-state index contributed by atoms with van der Waals surface area (Å²) in [6.07, 6.45) is -3.03. The molecule has 1 rings (SSSR count). The van der Waals surface area contributed by atoms with Gasteiger partial charge in [-0.25, -0.2) is 0 Å². The maximum Gasteiger partial charge on any atom is 0.182 e. The predicted molar refractivity (Wildman–Crippen MR) is 36.8 cm³/mol. The molecule has 4 N–H and O–H groups in total. The largest absolute Gasteiger partial charge is 0.389 e. The zero-order valence-electron chi connectivity index (χ0n) is 6.27. The van der Waals surface area contributed by atoms with Crippen LogP contribution in [0.25, 0.3) is 0 Å². The molecule has 0 aliphatic carbocycles. The van der Waals surface area contributed by atoms with E-state index in [9.17, 15) is 10.2 Å². The summed E-state index contributed by atoms with van der Waals surface area (Å²) < 4.78 is 4.65. The summed E-state index contributed by atoms with van der Waals surface area (Å²) in [5.74, 6) is 0. The van der Waals surface area contributed by atoms with Gasteiger partial charge in [-0.05, 0) is 7.05 Å². The van der Waals surface area contributed by atoms with Crippen molar-refractivity contribution >= 4 is 0 Å². The Kier molecular flexibility index (Phi) is 2.80. The third kappa shape index (κ3) is 1.69. The molecule has 66 valence electrons. The molecule has 11 heavy (non-hydrogen) atoms. The van der Waals surface area contributed by atoms with Crippen LogP contribution in [0.5, 0.6) is 0 Å². The molecular weight excluding hydrogens is 150 g/mol. The van der Waals surface area contributed by atoms with E-state index in [4.69, 9.17) is 5.11 Å². The highest BCUT2D eigenvalue weighted by Gasteiger charge is 2.36. The molecule has 5 heteroatoms. The zero-order valence-corrected chi connectivity index (χ0v) is 6.27. The van der Waals surface area contributed by atoms with Crippen molar-refractivity contribution in [1.82, 2.24) is 5.32 Å². The fourth-order valence-corrected chi connectivity index (χ4v) is 1.17. The average molecular weight is 163 g/mol. The lowest BCUT2D eigenvalue weighted by molar-refractivity contribution is -0.223. The van der Waals surface area contributed by atoms with E-state index in [2.05, 4.69) is 10.1 Å². The van der Waals surface area contributed by atoms with E-state index in [1.165, 1.54) is 0 Å². The second kappa shape index (κ2) is 3.46. The first-order valence-corrected chi connectivity index (χ1v) is 3.50. The van der Waals surface area contributed by atoms with Crippen LogP contribution in [0.2, 0.25) is 0 Å². The molecule has 1 aliphatic rings. The average Bonchev–Trinajstić information content (AvgIpc) is 1.99. The molecular formula is C6H13NO4. The van der Waals surface area contributed by atoms with Crippen LogP contribution in [0.3, 0.4) is 0 Å². The monoisotopic (exact) mass is 163 g/mol. The molecule has 0 amide bonds. The van der Waals surface area contributed by atoms with Crippen LogP contribution in [0.4, 0.5) is 0 Å². The van der Waals surface area contributed by atoms with E-state index in [1.807, 2.05) is 0 Å². The number of likely N-dealkylation sites (N-methyl/N-ethyl adjacent to an activating group) is 1. The lowest BCUT2D eigenvalue weighted by Gasteiger charge is -2.35. The number of aliphatic hydroxyl groups excluding tert-OH is 3. The predicted octanol–water partition coefficient (Wildman–Crippen LogP) is -2.36. The first kappa shape index (κ1) is 8.89. The second-order valence-electron chi connectivity index (χ2n) is 2.60. The smallest absolute Gasteiger partial charge is 0.182 e. The Balaban J connectivity index is 2.55. The molecule has 1 saturated heterocycles. The minimum absolute atomic E-state index is 0.0454. The molecule has 5 nitrogen and oxygen atoms in total. The molecule has 1 heterocycles. The highest BCUT2D eigenvalue weighted by Crippen LogP contribution is 2.12. The Morgan fingerprint density at radius 1 is 1.36 bits per heavy atom. The van der Waals surface area contributed by atoms with E-state index in [0.717, 1.165) is 0 Å². The fourth-order valence-electron chi connectivity index (χ4n) is 1.17. The molecule has 0 aromatic heterocycles. The van der Waals surface area contributed by atoms with Gasteiger partial charge in [0.1, 0.15) is 6.10 Å². The van der Waals surface area contributed by atoms with Crippen molar-refractivity contribution < 1.29 is 20.1 Å². The van der Waals surface area contributed by atoms with Gasteiger partial charge in [-0.3, -0.25) is 0 Å². The van der Waals surface area contributed by atoms with Crippen molar-refractivity contribution in [2.45, 2.75) is 24.5 Å². The summed E-state index contributed by atoms with van der Waals surface area (Å²) in [4.78, 5) is 0. The third-order valence-corrected chi connectivity index (χ3v) is 1.85. The highest BCUT2D eigenvalue weighted by molar-refractivity contribution is 4.86. The number of aliphatic hydroxyl groups is 3. The number of nitrogens with one attached hydrogen (secondary N) is 1. The topological polar surface area (TPSA) is 82.0 Å². The lowest BCUT2D eigenvalue weighted by atomic mass is 10.0. The van der Waals surface area contributed by atoms with Gasteiger partial charge in [-0.1, -0.05) is 0 Å². The molecule has 0 radical (unpaired) electrons. The summed E-state index contributed by atoms with van der Waals surface area (Å²) in [5.41, 5.74) is 0. The lowest BCUT2D eigenvalue weighted by Crippen LogP contribution is -2.58. The van der Waals surface area contributed by atoms with Gasteiger partial charge in [0.05, 0.1) is 18.8 Å². The Morgan fingerprint density at radius 3 is 2.45 bits per heavy atom. The fraction of sp³-hybridized carbons (Fsp3) is 1.00. The standard InChI is InChI=1S/C6H13NO4/c1-7-4-3(8)2-11-6(10)5(4)9/h3-10H,2H2,1H3/t3-,4+,5-,6-/m0/s1. The summed E-state index contributed by atoms with van der Waals surface area (Å²) in [5, 5.41) is 30.1. The van der Waals surface area contributed by atoms with Gasteiger partial charge in [-0.2, -0.15) is 0 Å². The second-order valence-corrected chi connectivity index (χ2v) is 2.60. The van der Waals surface area contributed by atoms with E-state index >= 15 is 0 Å². The van der Waals surface area contributed by atoms with Crippen LogP contribution in [0.1, 0.15) is 0 Å². The minimum atomic E-state index is -1.20. The van der Waals surface area contributed by atoms with Crippen molar-refractivity contribution in [3.63, 3.8) is 0 Å². The van der Waals surface area contributed by atoms with Crippen LogP contribution >= 0.6 is 0 Å². The van der Waals surface area contributed by atoms with Crippen LogP contribution < -0.4 is 5.32 Å². The molecule has 0 spiro atoms. The summed E-state index contributed by atoms with van der Waals surface area (Å²) >= 11 is 0. The maximum absolute atomic E-state index is 9.21. The van der Waals surface area contributed by atoms with Crippen molar-refractivity contribution in [2.24, 2.45) is 0 Å². The number of hydrogen-bond donors (Lipinski definition) is 4. The van der Waals surface area contributed by atoms with Gasteiger partial charge < -0.3 is 25.4 Å². The van der Waals surface area contributed by atoms with E-state index < -0.39 is 24.5 Å². The Labute approximate surface area is 64.6 Å². The first-order valence-electron chi connectivity index (χ1n) is 3.50. The summed E-state index contributed by atoms with van der Waals surface area (Å²) in [6, 6.07) is -0.515.